The molecule has 0 radical (unpaired) electrons. The van der Waals surface area contributed by atoms with Crippen molar-refractivity contribution in [3.8, 4) is 0 Å². The van der Waals surface area contributed by atoms with Gasteiger partial charge in [0, 0.05) is 43.7 Å². The van der Waals surface area contributed by atoms with Gasteiger partial charge in [-0.1, -0.05) is 20.3 Å². The van der Waals surface area contributed by atoms with Crippen LogP contribution in [0.25, 0.3) is 5.65 Å². The number of rotatable bonds is 6. The lowest BCUT2D eigenvalue weighted by molar-refractivity contribution is -0.119. The number of fused-ring (bicyclic) bond motifs is 1. The molecular weight excluding hydrogens is 390 g/mol. The van der Waals surface area contributed by atoms with Gasteiger partial charge in [0.05, 0.1) is 0 Å². The Hall–Kier alpha value is -2.96. The zero-order valence-corrected chi connectivity index (χ0v) is 18.3. The first-order chi connectivity index (χ1) is 14.9. The highest BCUT2D eigenvalue weighted by atomic mass is 16.1. The first kappa shape index (κ1) is 20.0. The molecule has 2 fully saturated rings. The maximum Gasteiger partial charge on any atom is 0.270 e. The van der Waals surface area contributed by atoms with Crippen molar-refractivity contribution in [2.45, 2.75) is 58.4 Å². The lowest BCUT2D eigenvalue weighted by Crippen LogP contribution is -2.36. The number of hydrogen-bond acceptors (Lipinski definition) is 5. The van der Waals surface area contributed by atoms with Gasteiger partial charge < -0.3 is 9.30 Å². The Labute approximate surface area is 181 Å². The molecule has 1 saturated heterocycles. The largest absolute Gasteiger partial charge is 0.355 e. The van der Waals surface area contributed by atoms with Gasteiger partial charge in [-0.05, 0) is 54.4 Å². The second-order valence-electron chi connectivity index (χ2n) is 9.54. The molecular formula is C24H29N5O2. The van der Waals surface area contributed by atoms with Crippen LogP contribution in [0.5, 0.6) is 0 Å². The number of Topliss-reactive ketones (excluding diaryl/α,β-unsaturated/α-hetero) is 1. The molecule has 3 aromatic rings. The predicted octanol–water partition coefficient (Wildman–Crippen LogP) is 3.21. The minimum atomic E-state index is -0.159. The Morgan fingerprint density at radius 2 is 2.03 bits per heavy atom. The summed E-state index contributed by atoms with van der Waals surface area (Å²) >= 11 is 0. The van der Waals surface area contributed by atoms with E-state index in [4.69, 9.17) is 0 Å². The molecule has 0 bridgehead atoms. The van der Waals surface area contributed by atoms with Crippen LogP contribution in [0.15, 0.2) is 41.6 Å². The predicted molar refractivity (Wildman–Crippen MR) is 120 cm³/mol. The summed E-state index contributed by atoms with van der Waals surface area (Å²) in [6.45, 7) is 6.01. The lowest BCUT2D eigenvalue weighted by atomic mass is 9.68. The first-order valence-electron chi connectivity index (χ1n) is 11.2. The van der Waals surface area contributed by atoms with Crippen molar-refractivity contribution in [2.24, 2.45) is 5.41 Å². The number of imidazole rings is 1. The van der Waals surface area contributed by atoms with Gasteiger partial charge in [0.2, 0.25) is 0 Å². The van der Waals surface area contributed by atoms with Crippen LogP contribution in [0, 0.1) is 5.41 Å². The van der Waals surface area contributed by atoms with Gasteiger partial charge >= 0.3 is 0 Å². The monoisotopic (exact) mass is 419 g/mol. The topological polar surface area (TPSA) is 72.5 Å². The molecule has 0 unspecified atom stereocenters. The molecule has 0 amide bonds. The van der Waals surface area contributed by atoms with Crippen molar-refractivity contribution in [3.05, 3.63) is 58.3 Å². The van der Waals surface area contributed by atoms with Gasteiger partial charge in [-0.2, -0.15) is 5.10 Å². The van der Waals surface area contributed by atoms with Gasteiger partial charge in [-0.15, -0.1) is 0 Å². The van der Waals surface area contributed by atoms with E-state index in [0.29, 0.717) is 5.41 Å². The molecule has 5 rings (SSSR count). The molecule has 31 heavy (non-hydrogen) atoms. The summed E-state index contributed by atoms with van der Waals surface area (Å²) in [5.74, 6) is 0.881. The van der Waals surface area contributed by atoms with Crippen molar-refractivity contribution < 1.29 is 4.79 Å². The highest BCUT2D eigenvalue weighted by Gasteiger charge is 2.43. The normalized spacial score (nSPS) is 17.6. The summed E-state index contributed by atoms with van der Waals surface area (Å²) in [4.78, 5) is 32.4. The summed E-state index contributed by atoms with van der Waals surface area (Å²) in [5.41, 5.74) is 2.72. The summed E-state index contributed by atoms with van der Waals surface area (Å²) in [6.07, 6.45) is 10.9. The van der Waals surface area contributed by atoms with Crippen LogP contribution < -0.4 is 10.5 Å². The average molecular weight is 420 g/mol. The zero-order valence-electron chi connectivity index (χ0n) is 18.3. The fraction of sp³-hybridized carbons (Fsp3) is 0.500. The van der Waals surface area contributed by atoms with Crippen LogP contribution in [0.3, 0.4) is 0 Å². The van der Waals surface area contributed by atoms with Gasteiger partial charge in [0.1, 0.15) is 18.0 Å². The van der Waals surface area contributed by atoms with E-state index in [2.05, 4.69) is 15.0 Å². The molecule has 1 spiro atoms. The van der Waals surface area contributed by atoms with E-state index in [1.165, 1.54) is 30.4 Å². The third kappa shape index (κ3) is 3.77. The zero-order chi connectivity index (χ0) is 21.6. The number of aromatic nitrogens is 4. The average Bonchev–Trinajstić information content (AvgIpc) is 3.36. The van der Waals surface area contributed by atoms with Crippen LogP contribution in [0.2, 0.25) is 0 Å². The van der Waals surface area contributed by atoms with E-state index in [1.807, 2.05) is 48.8 Å². The maximum absolute atomic E-state index is 13.0. The lowest BCUT2D eigenvalue weighted by Gasteiger charge is -2.38. The highest BCUT2D eigenvalue weighted by molar-refractivity contribution is 5.80. The summed E-state index contributed by atoms with van der Waals surface area (Å²) in [7, 11) is 0. The standard InChI is InChI=1S/C24H29N5O2/c1-17(2)20-14-22(28-10-7-24(16-28)5-3-6-24)26-29(23(20)31)15-19(30)12-18-4-9-27-11-8-25-21(27)13-18/h4,8-9,11,13-14,17H,3,5-7,10,12,15-16H2,1-2H3. The maximum atomic E-state index is 13.0. The Morgan fingerprint density at radius 3 is 2.74 bits per heavy atom. The van der Waals surface area contributed by atoms with E-state index in [-0.39, 0.29) is 30.2 Å². The van der Waals surface area contributed by atoms with Crippen LogP contribution in [-0.2, 0) is 17.8 Å². The molecule has 0 atom stereocenters. The van der Waals surface area contributed by atoms with E-state index in [9.17, 15) is 9.59 Å². The molecule has 0 N–H and O–H groups in total. The molecule has 2 aliphatic rings. The van der Waals surface area contributed by atoms with E-state index < -0.39 is 0 Å². The van der Waals surface area contributed by atoms with Crippen molar-refractivity contribution >= 4 is 17.2 Å². The summed E-state index contributed by atoms with van der Waals surface area (Å²) in [6, 6.07) is 5.77. The van der Waals surface area contributed by atoms with Crippen LogP contribution >= 0.6 is 0 Å². The first-order valence-corrected chi connectivity index (χ1v) is 11.2. The van der Waals surface area contributed by atoms with Crippen molar-refractivity contribution in [3.63, 3.8) is 0 Å². The van der Waals surface area contributed by atoms with Crippen molar-refractivity contribution in [1.29, 1.82) is 0 Å². The Bertz CT molecular complexity index is 1190. The molecule has 1 aliphatic heterocycles. The molecule has 1 saturated carbocycles. The fourth-order valence-electron chi connectivity index (χ4n) is 4.95. The van der Waals surface area contributed by atoms with E-state index >= 15 is 0 Å². The van der Waals surface area contributed by atoms with Crippen LogP contribution in [0.1, 0.15) is 56.6 Å². The fourth-order valence-corrected chi connectivity index (χ4v) is 4.95. The third-order valence-electron chi connectivity index (χ3n) is 6.98. The van der Waals surface area contributed by atoms with Crippen molar-refractivity contribution in [1.82, 2.24) is 19.2 Å². The number of carbonyl (C=O) groups excluding carboxylic acids is 1. The number of pyridine rings is 1. The van der Waals surface area contributed by atoms with Gasteiger partial charge in [-0.25, -0.2) is 9.67 Å². The van der Waals surface area contributed by atoms with Crippen LogP contribution in [-0.4, -0.2) is 38.0 Å². The van der Waals surface area contributed by atoms with E-state index in [0.717, 1.165) is 35.7 Å². The molecule has 1 aliphatic carbocycles. The quantitative estimate of drug-likeness (QED) is 0.614. The summed E-state index contributed by atoms with van der Waals surface area (Å²) in [5, 5.41) is 4.64. The number of carbonyl (C=O) groups is 1. The van der Waals surface area contributed by atoms with Crippen molar-refractivity contribution in [2.75, 3.05) is 18.0 Å². The summed E-state index contributed by atoms with van der Waals surface area (Å²) < 4.78 is 3.29. The highest BCUT2D eigenvalue weighted by Crippen LogP contribution is 2.48. The molecule has 4 heterocycles. The minimum Gasteiger partial charge on any atom is -0.355 e. The Balaban J connectivity index is 1.38. The number of anilines is 1. The molecule has 0 aromatic carbocycles. The van der Waals surface area contributed by atoms with Gasteiger partial charge in [-0.3, -0.25) is 9.59 Å². The SMILES string of the molecule is CC(C)c1cc(N2CCC3(CCC3)C2)nn(CC(=O)Cc2ccn3ccnc3c2)c1=O. The van der Waals surface area contributed by atoms with Crippen LogP contribution in [0.4, 0.5) is 5.82 Å². The van der Waals surface area contributed by atoms with E-state index in [1.54, 1.807) is 6.20 Å². The number of ketones is 1. The molecule has 7 heteroatoms. The van der Waals surface area contributed by atoms with Gasteiger partial charge in [0.25, 0.3) is 5.56 Å². The Kier molecular flexibility index (Phi) is 4.91. The number of nitrogens with zero attached hydrogens (tertiary/aromatic N) is 5. The molecule has 7 nitrogen and oxygen atoms in total. The molecule has 162 valence electrons. The third-order valence-corrected chi connectivity index (χ3v) is 6.98. The second-order valence-corrected chi connectivity index (χ2v) is 9.54. The Morgan fingerprint density at radius 1 is 1.19 bits per heavy atom. The minimum absolute atomic E-state index is 0.00893. The molecule has 3 aromatic heterocycles. The number of hydrogen-bond donors (Lipinski definition) is 0. The second kappa shape index (κ2) is 7.62. The smallest absolute Gasteiger partial charge is 0.270 e. The van der Waals surface area contributed by atoms with Gasteiger partial charge in [0.15, 0.2) is 5.78 Å².